The van der Waals surface area contributed by atoms with Crippen molar-refractivity contribution in [1.82, 2.24) is 4.90 Å². The highest BCUT2D eigenvalue weighted by atomic mass is 19.4. The van der Waals surface area contributed by atoms with Gasteiger partial charge in [-0.25, -0.2) is 4.39 Å². The van der Waals surface area contributed by atoms with Gasteiger partial charge in [-0.3, -0.25) is 4.79 Å². The summed E-state index contributed by atoms with van der Waals surface area (Å²) in [4.78, 5) is 12.2. The standard InChI is InChI=1S/C11H11F4NO/c1-7-5-8(12)3-4-9(7)10(17)16(2)6-11(13,14)15/h3-5H,6H2,1-2H3. The first-order chi connectivity index (χ1) is 7.70. The molecular weight excluding hydrogens is 238 g/mol. The van der Waals surface area contributed by atoms with Gasteiger partial charge >= 0.3 is 6.18 Å². The summed E-state index contributed by atoms with van der Waals surface area (Å²) in [7, 11) is 1.05. The van der Waals surface area contributed by atoms with E-state index in [2.05, 4.69) is 0 Å². The summed E-state index contributed by atoms with van der Waals surface area (Å²) < 4.78 is 49.1. The van der Waals surface area contributed by atoms with Crippen molar-refractivity contribution < 1.29 is 22.4 Å². The zero-order valence-electron chi connectivity index (χ0n) is 9.31. The third kappa shape index (κ3) is 3.72. The first-order valence-corrected chi connectivity index (χ1v) is 4.79. The molecule has 0 N–H and O–H groups in total. The fourth-order valence-corrected chi connectivity index (χ4v) is 1.41. The quantitative estimate of drug-likeness (QED) is 0.738. The van der Waals surface area contributed by atoms with E-state index >= 15 is 0 Å². The predicted molar refractivity (Wildman–Crippen MR) is 54.2 cm³/mol. The fourth-order valence-electron chi connectivity index (χ4n) is 1.41. The maximum atomic E-state index is 12.8. The van der Waals surface area contributed by atoms with Crippen molar-refractivity contribution in [2.45, 2.75) is 13.1 Å². The van der Waals surface area contributed by atoms with Crippen molar-refractivity contribution in [3.63, 3.8) is 0 Å². The Labute approximate surface area is 95.8 Å². The normalized spacial score (nSPS) is 11.4. The summed E-state index contributed by atoms with van der Waals surface area (Å²) in [5.74, 6) is -1.31. The molecule has 0 spiro atoms. The maximum Gasteiger partial charge on any atom is 0.406 e. The Bertz CT molecular complexity index is 428. The number of halogens is 4. The minimum absolute atomic E-state index is 0.0677. The van der Waals surface area contributed by atoms with Gasteiger partial charge in [0.2, 0.25) is 0 Å². The lowest BCUT2D eigenvalue weighted by atomic mass is 10.1. The molecule has 0 unspecified atom stereocenters. The van der Waals surface area contributed by atoms with Gasteiger partial charge in [0.05, 0.1) is 0 Å². The Morgan fingerprint density at radius 3 is 2.41 bits per heavy atom. The molecule has 0 aliphatic heterocycles. The molecule has 0 saturated heterocycles. The summed E-state index contributed by atoms with van der Waals surface area (Å²) in [6, 6.07) is 3.33. The topological polar surface area (TPSA) is 20.3 Å². The summed E-state index contributed by atoms with van der Waals surface area (Å²) in [5, 5.41) is 0. The number of nitrogens with zero attached hydrogens (tertiary/aromatic N) is 1. The van der Waals surface area contributed by atoms with Crippen LogP contribution in [-0.2, 0) is 0 Å². The van der Waals surface area contributed by atoms with Crippen LogP contribution >= 0.6 is 0 Å². The van der Waals surface area contributed by atoms with Gasteiger partial charge in [0.25, 0.3) is 5.91 Å². The monoisotopic (exact) mass is 249 g/mol. The molecule has 0 aromatic heterocycles. The largest absolute Gasteiger partial charge is 0.406 e. The Hall–Kier alpha value is -1.59. The molecular formula is C11H11F4NO. The Kier molecular flexibility index (Phi) is 3.75. The number of alkyl halides is 3. The van der Waals surface area contributed by atoms with Gasteiger partial charge in [-0.2, -0.15) is 13.2 Å². The van der Waals surface area contributed by atoms with Gasteiger partial charge in [0, 0.05) is 12.6 Å². The first-order valence-electron chi connectivity index (χ1n) is 4.79. The van der Waals surface area contributed by atoms with Crippen LogP contribution in [0.15, 0.2) is 18.2 Å². The lowest BCUT2D eigenvalue weighted by Gasteiger charge is -2.19. The highest BCUT2D eigenvalue weighted by molar-refractivity contribution is 5.95. The first kappa shape index (κ1) is 13.5. The van der Waals surface area contributed by atoms with Crippen LogP contribution in [0.2, 0.25) is 0 Å². The van der Waals surface area contributed by atoms with Crippen molar-refractivity contribution in [2.75, 3.05) is 13.6 Å². The summed E-state index contributed by atoms with van der Waals surface area (Å²) in [5.41, 5.74) is 0.377. The molecule has 1 amide bonds. The predicted octanol–water partition coefficient (Wildman–Crippen LogP) is 2.77. The third-order valence-electron chi connectivity index (χ3n) is 2.18. The highest BCUT2D eigenvalue weighted by Gasteiger charge is 2.31. The third-order valence-corrected chi connectivity index (χ3v) is 2.18. The second kappa shape index (κ2) is 4.73. The lowest BCUT2D eigenvalue weighted by molar-refractivity contribution is -0.138. The molecule has 1 aromatic rings. The van der Waals surface area contributed by atoms with Crippen LogP contribution in [0.4, 0.5) is 17.6 Å². The lowest BCUT2D eigenvalue weighted by Crippen LogP contribution is -2.36. The van der Waals surface area contributed by atoms with Gasteiger partial charge in [-0.15, -0.1) is 0 Å². The van der Waals surface area contributed by atoms with E-state index in [1.165, 1.54) is 13.0 Å². The second-order valence-corrected chi connectivity index (χ2v) is 3.74. The number of benzene rings is 1. The van der Waals surface area contributed by atoms with Crippen molar-refractivity contribution in [1.29, 1.82) is 0 Å². The van der Waals surface area contributed by atoms with E-state index < -0.39 is 24.4 Å². The molecule has 0 aliphatic rings. The maximum absolute atomic E-state index is 12.8. The van der Waals surface area contributed by atoms with Gasteiger partial charge in [-0.05, 0) is 30.7 Å². The van der Waals surface area contributed by atoms with Crippen molar-refractivity contribution in [3.8, 4) is 0 Å². The van der Waals surface area contributed by atoms with Crippen LogP contribution in [0.25, 0.3) is 0 Å². The molecule has 2 nitrogen and oxygen atoms in total. The van der Waals surface area contributed by atoms with Crippen molar-refractivity contribution in [3.05, 3.63) is 35.1 Å². The molecule has 0 radical (unpaired) electrons. The van der Waals surface area contributed by atoms with Crippen molar-refractivity contribution in [2.24, 2.45) is 0 Å². The Morgan fingerprint density at radius 1 is 1.35 bits per heavy atom. The van der Waals surface area contributed by atoms with E-state index in [1.54, 1.807) is 0 Å². The highest BCUT2D eigenvalue weighted by Crippen LogP contribution is 2.18. The number of amides is 1. The smallest absolute Gasteiger partial charge is 0.333 e. The molecule has 1 aromatic carbocycles. The van der Waals surface area contributed by atoms with E-state index in [4.69, 9.17) is 0 Å². The van der Waals surface area contributed by atoms with Gasteiger partial charge < -0.3 is 4.90 Å². The van der Waals surface area contributed by atoms with Gasteiger partial charge in [-0.1, -0.05) is 0 Å². The fraction of sp³-hybridized carbons (Fsp3) is 0.364. The van der Waals surface area contributed by atoms with Gasteiger partial charge in [0.15, 0.2) is 0 Å². The van der Waals surface area contributed by atoms with Crippen molar-refractivity contribution >= 4 is 5.91 Å². The molecule has 0 fully saturated rings. The number of hydrogen-bond donors (Lipinski definition) is 0. The summed E-state index contributed by atoms with van der Waals surface area (Å²) in [6.07, 6.45) is -4.45. The van der Waals surface area contributed by atoms with Gasteiger partial charge in [0.1, 0.15) is 12.4 Å². The summed E-state index contributed by atoms with van der Waals surface area (Å²) in [6.45, 7) is 0.139. The molecule has 0 atom stereocenters. The van der Waals surface area contributed by atoms with E-state index in [1.807, 2.05) is 0 Å². The number of carbonyl (C=O) groups excluding carboxylic acids is 1. The van der Waals surface area contributed by atoms with Crippen LogP contribution in [0.3, 0.4) is 0 Å². The van der Waals surface area contributed by atoms with E-state index in [-0.39, 0.29) is 5.56 Å². The molecule has 0 aliphatic carbocycles. The number of rotatable bonds is 2. The van der Waals surface area contributed by atoms with E-state index in [0.717, 1.165) is 19.2 Å². The summed E-state index contributed by atoms with van der Waals surface area (Å²) >= 11 is 0. The molecule has 0 saturated carbocycles. The minimum atomic E-state index is -4.45. The Morgan fingerprint density at radius 2 is 1.94 bits per heavy atom. The van der Waals surface area contributed by atoms with E-state index in [0.29, 0.717) is 10.5 Å². The zero-order valence-corrected chi connectivity index (χ0v) is 9.31. The van der Waals surface area contributed by atoms with Crippen LogP contribution in [0.5, 0.6) is 0 Å². The second-order valence-electron chi connectivity index (χ2n) is 3.74. The zero-order chi connectivity index (χ0) is 13.2. The Balaban J connectivity index is 2.89. The molecule has 0 heterocycles. The van der Waals surface area contributed by atoms with E-state index in [9.17, 15) is 22.4 Å². The SMILES string of the molecule is Cc1cc(F)ccc1C(=O)N(C)CC(F)(F)F. The molecule has 6 heteroatoms. The molecule has 0 bridgehead atoms. The van der Waals surface area contributed by atoms with Crippen LogP contribution in [-0.4, -0.2) is 30.6 Å². The van der Waals surface area contributed by atoms with Crippen LogP contribution in [0, 0.1) is 12.7 Å². The minimum Gasteiger partial charge on any atom is -0.333 e. The average molecular weight is 249 g/mol. The molecule has 17 heavy (non-hydrogen) atoms. The average Bonchev–Trinajstić information content (AvgIpc) is 2.14. The number of aryl methyl sites for hydroxylation is 1. The number of carbonyl (C=O) groups is 1. The molecule has 1 rings (SSSR count). The van der Waals surface area contributed by atoms with Crippen LogP contribution in [0.1, 0.15) is 15.9 Å². The number of hydrogen-bond acceptors (Lipinski definition) is 1. The van der Waals surface area contributed by atoms with Crippen LogP contribution < -0.4 is 0 Å². The molecule has 94 valence electrons.